The van der Waals surface area contributed by atoms with Gasteiger partial charge in [-0.15, -0.1) is 6.42 Å². The summed E-state index contributed by atoms with van der Waals surface area (Å²) < 4.78 is 1.96. The number of piperidine rings is 1. The molecule has 1 aromatic rings. The molecule has 0 saturated carbocycles. The molecule has 0 bridgehead atoms. The van der Waals surface area contributed by atoms with E-state index in [1.807, 2.05) is 10.9 Å². The van der Waals surface area contributed by atoms with E-state index in [1.165, 1.54) is 12.8 Å². The fourth-order valence-corrected chi connectivity index (χ4v) is 1.87. The van der Waals surface area contributed by atoms with E-state index >= 15 is 0 Å². The van der Waals surface area contributed by atoms with E-state index in [1.54, 1.807) is 6.20 Å². The Bertz CT molecular complexity index is 329. The first kappa shape index (κ1) is 9.29. The molecular weight excluding hydrogens is 174 g/mol. The van der Waals surface area contributed by atoms with E-state index in [0.29, 0.717) is 0 Å². The third kappa shape index (κ3) is 2.15. The van der Waals surface area contributed by atoms with Crippen molar-refractivity contribution in [1.29, 1.82) is 0 Å². The molecule has 0 aromatic carbocycles. The SMILES string of the molecule is C#Cc1cnn(CC2CCNCC2)c1. The van der Waals surface area contributed by atoms with Gasteiger partial charge in [-0.2, -0.15) is 5.10 Å². The molecule has 1 N–H and O–H groups in total. The molecule has 2 heterocycles. The Morgan fingerprint density at radius 2 is 2.36 bits per heavy atom. The molecule has 0 spiro atoms. The van der Waals surface area contributed by atoms with Gasteiger partial charge in [-0.1, -0.05) is 5.92 Å². The van der Waals surface area contributed by atoms with Crippen LogP contribution in [0.5, 0.6) is 0 Å². The molecule has 1 saturated heterocycles. The highest BCUT2D eigenvalue weighted by Gasteiger charge is 2.13. The minimum atomic E-state index is 0.752. The summed E-state index contributed by atoms with van der Waals surface area (Å²) >= 11 is 0. The number of nitrogens with one attached hydrogen (secondary N) is 1. The first-order valence-electron chi connectivity index (χ1n) is 5.08. The number of terminal acetylenes is 1. The zero-order valence-electron chi connectivity index (χ0n) is 8.24. The summed E-state index contributed by atoms with van der Waals surface area (Å²) in [5, 5.41) is 7.59. The largest absolute Gasteiger partial charge is 0.317 e. The van der Waals surface area contributed by atoms with E-state index < -0.39 is 0 Å². The van der Waals surface area contributed by atoms with E-state index in [0.717, 1.165) is 31.1 Å². The standard InChI is InChI=1S/C11H15N3/c1-2-10-7-13-14(8-10)9-11-3-5-12-6-4-11/h1,7-8,11-12H,3-6,9H2. The van der Waals surface area contributed by atoms with Crippen LogP contribution in [0.15, 0.2) is 12.4 Å². The average Bonchev–Trinajstić information content (AvgIpc) is 2.67. The van der Waals surface area contributed by atoms with Gasteiger partial charge >= 0.3 is 0 Å². The highest BCUT2D eigenvalue weighted by atomic mass is 15.3. The van der Waals surface area contributed by atoms with Crippen molar-refractivity contribution in [3.63, 3.8) is 0 Å². The number of hydrogen-bond donors (Lipinski definition) is 1. The van der Waals surface area contributed by atoms with Crippen molar-refractivity contribution >= 4 is 0 Å². The summed E-state index contributed by atoms with van der Waals surface area (Å²) in [7, 11) is 0. The van der Waals surface area contributed by atoms with Crippen molar-refractivity contribution in [3.05, 3.63) is 18.0 Å². The van der Waals surface area contributed by atoms with Crippen LogP contribution in [0.25, 0.3) is 0 Å². The minimum absolute atomic E-state index is 0.752. The molecule has 0 aliphatic carbocycles. The summed E-state index contributed by atoms with van der Waals surface area (Å²) in [4.78, 5) is 0. The van der Waals surface area contributed by atoms with Gasteiger partial charge in [-0.3, -0.25) is 4.68 Å². The van der Waals surface area contributed by atoms with Crippen molar-refractivity contribution in [2.45, 2.75) is 19.4 Å². The van der Waals surface area contributed by atoms with Gasteiger partial charge in [0, 0.05) is 12.7 Å². The summed E-state index contributed by atoms with van der Waals surface area (Å²) in [6.45, 7) is 3.27. The molecular formula is C11H15N3. The number of nitrogens with zero attached hydrogens (tertiary/aromatic N) is 2. The maximum atomic E-state index is 5.28. The molecule has 3 nitrogen and oxygen atoms in total. The van der Waals surface area contributed by atoms with Gasteiger partial charge in [-0.25, -0.2) is 0 Å². The fraction of sp³-hybridized carbons (Fsp3) is 0.545. The lowest BCUT2D eigenvalue weighted by Gasteiger charge is -2.22. The maximum Gasteiger partial charge on any atom is 0.0646 e. The number of rotatable bonds is 2. The van der Waals surface area contributed by atoms with Crippen molar-refractivity contribution in [2.24, 2.45) is 5.92 Å². The van der Waals surface area contributed by atoms with Gasteiger partial charge in [-0.05, 0) is 31.8 Å². The van der Waals surface area contributed by atoms with Crippen LogP contribution in [0, 0.1) is 18.3 Å². The molecule has 0 atom stereocenters. The van der Waals surface area contributed by atoms with Crippen molar-refractivity contribution < 1.29 is 0 Å². The molecule has 1 aliphatic heterocycles. The predicted molar refractivity (Wildman–Crippen MR) is 55.8 cm³/mol. The van der Waals surface area contributed by atoms with Gasteiger partial charge in [0.2, 0.25) is 0 Å². The second-order valence-corrected chi connectivity index (χ2v) is 3.79. The normalized spacial score (nSPS) is 17.9. The lowest BCUT2D eigenvalue weighted by molar-refractivity contribution is 0.321. The van der Waals surface area contributed by atoms with Crippen LogP contribution in [-0.2, 0) is 6.54 Å². The van der Waals surface area contributed by atoms with Crippen molar-refractivity contribution in [2.75, 3.05) is 13.1 Å². The first-order chi connectivity index (χ1) is 6.88. The third-order valence-electron chi connectivity index (χ3n) is 2.70. The second-order valence-electron chi connectivity index (χ2n) is 3.79. The lowest BCUT2D eigenvalue weighted by atomic mass is 9.98. The Kier molecular flexibility index (Phi) is 2.85. The molecule has 1 aliphatic rings. The van der Waals surface area contributed by atoms with Gasteiger partial charge in [0.15, 0.2) is 0 Å². The van der Waals surface area contributed by atoms with Crippen LogP contribution in [0.2, 0.25) is 0 Å². The lowest BCUT2D eigenvalue weighted by Crippen LogP contribution is -2.29. The number of aromatic nitrogens is 2. The molecule has 74 valence electrons. The van der Waals surface area contributed by atoms with Crippen LogP contribution in [0.1, 0.15) is 18.4 Å². The van der Waals surface area contributed by atoms with E-state index in [4.69, 9.17) is 6.42 Å². The van der Waals surface area contributed by atoms with Crippen molar-refractivity contribution in [1.82, 2.24) is 15.1 Å². The fourth-order valence-electron chi connectivity index (χ4n) is 1.87. The minimum Gasteiger partial charge on any atom is -0.317 e. The average molecular weight is 189 g/mol. The van der Waals surface area contributed by atoms with Gasteiger partial charge in [0.25, 0.3) is 0 Å². The molecule has 1 fully saturated rings. The maximum absolute atomic E-state index is 5.28. The summed E-state index contributed by atoms with van der Waals surface area (Å²) in [6.07, 6.45) is 11.5. The van der Waals surface area contributed by atoms with Crippen LogP contribution in [0.4, 0.5) is 0 Å². The van der Waals surface area contributed by atoms with Crippen LogP contribution < -0.4 is 5.32 Å². The molecule has 0 unspecified atom stereocenters. The summed E-state index contributed by atoms with van der Waals surface area (Å²) in [5.41, 5.74) is 0.874. The summed E-state index contributed by atoms with van der Waals surface area (Å²) in [5.74, 6) is 3.34. The van der Waals surface area contributed by atoms with Gasteiger partial charge in [0.05, 0.1) is 11.8 Å². The zero-order valence-corrected chi connectivity index (χ0v) is 8.24. The quantitative estimate of drug-likeness (QED) is 0.699. The zero-order chi connectivity index (χ0) is 9.80. The highest BCUT2D eigenvalue weighted by Crippen LogP contribution is 2.13. The molecule has 14 heavy (non-hydrogen) atoms. The second kappa shape index (κ2) is 4.30. The molecule has 2 rings (SSSR count). The smallest absolute Gasteiger partial charge is 0.0646 e. The topological polar surface area (TPSA) is 29.9 Å². The Morgan fingerprint density at radius 3 is 3.00 bits per heavy atom. The Balaban J connectivity index is 1.93. The van der Waals surface area contributed by atoms with E-state index in [-0.39, 0.29) is 0 Å². The third-order valence-corrected chi connectivity index (χ3v) is 2.70. The van der Waals surface area contributed by atoms with Crippen LogP contribution in [-0.4, -0.2) is 22.9 Å². The van der Waals surface area contributed by atoms with Crippen LogP contribution in [0.3, 0.4) is 0 Å². The van der Waals surface area contributed by atoms with E-state index in [9.17, 15) is 0 Å². The molecule has 3 heteroatoms. The van der Waals surface area contributed by atoms with E-state index in [2.05, 4.69) is 16.3 Å². The Morgan fingerprint density at radius 1 is 1.57 bits per heavy atom. The first-order valence-corrected chi connectivity index (χ1v) is 5.08. The Labute approximate surface area is 84.5 Å². The number of hydrogen-bond acceptors (Lipinski definition) is 2. The predicted octanol–water partition coefficient (Wildman–Crippen LogP) is 0.864. The van der Waals surface area contributed by atoms with Gasteiger partial charge in [0.1, 0.15) is 0 Å². The van der Waals surface area contributed by atoms with Crippen molar-refractivity contribution in [3.8, 4) is 12.3 Å². The van der Waals surface area contributed by atoms with Gasteiger partial charge < -0.3 is 5.32 Å². The molecule has 1 aromatic heterocycles. The van der Waals surface area contributed by atoms with Crippen LogP contribution >= 0.6 is 0 Å². The molecule has 0 amide bonds. The monoisotopic (exact) mass is 189 g/mol. The highest BCUT2D eigenvalue weighted by molar-refractivity contribution is 5.26. The molecule has 0 radical (unpaired) electrons. The summed E-state index contributed by atoms with van der Waals surface area (Å²) in [6, 6.07) is 0. The Hall–Kier alpha value is -1.27.